The van der Waals surface area contributed by atoms with Crippen LogP contribution in [0.25, 0.3) is 0 Å². The Morgan fingerprint density at radius 1 is 1.00 bits per heavy atom. The zero-order valence-electron chi connectivity index (χ0n) is 13.6. The number of hydrogen-bond donors (Lipinski definition) is 1. The van der Waals surface area contributed by atoms with Crippen LogP contribution in [0, 0.1) is 20.8 Å². The van der Waals surface area contributed by atoms with Crippen LogP contribution >= 0.6 is 0 Å². The van der Waals surface area contributed by atoms with E-state index in [-0.39, 0.29) is 6.04 Å². The zero-order valence-corrected chi connectivity index (χ0v) is 13.6. The normalized spacial score (nSPS) is 12.7. The molecule has 2 N–H and O–H groups in total. The number of hydrogen-bond acceptors (Lipinski definition) is 2. The summed E-state index contributed by atoms with van der Waals surface area (Å²) >= 11 is 0. The molecule has 0 spiro atoms. The third kappa shape index (κ3) is 4.16. The smallest absolute Gasteiger partial charge is 0.0427 e. The lowest BCUT2D eigenvalue weighted by Crippen LogP contribution is -2.29. The number of likely N-dealkylation sites (N-methyl/N-ethyl adjacent to an activating group) is 1. The van der Waals surface area contributed by atoms with E-state index in [0.717, 1.165) is 13.1 Å². The first-order valence-electron chi connectivity index (χ1n) is 7.53. The minimum absolute atomic E-state index is 0.0546. The lowest BCUT2D eigenvalue weighted by atomic mass is 9.99. The molecule has 0 heterocycles. The van der Waals surface area contributed by atoms with Crippen LogP contribution in [0.5, 0.6) is 0 Å². The van der Waals surface area contributed by atoms with Crippen LogP contribution in [0.2, 0.25) is 0 Å². The van der Waals surface area contributed by atoms with E-state index in [9.17, 15) is 0 Å². The van der Waals surface area contributed by atoms with Crippen molar-refractivity contribution in [2.24, 2.45) is 5.73 Å². The molecule has 2 heteroatoms. The maximum Gasteiger partial charge on any atom is 0.0427 e. The Kier molecular flexibility index (Phi) is 5.16. The molecule has 0 aliphatic carbocycles. The molecule has 1 atom stereocenters. The largest absolute Gasteiger partial charge is 0.323 e. The van der Waals surface area contributed by atoms with Crippen molar-refractivity contribution in [2.45, 2.75) is 33.4 Å². The van der Waals surface area contributed by atoms with Gasteiger partial charge in [0.1, 0.15) is 0 Å². The van der Waals surface area contributed by atoms with Gasteiger partial charge < -0.3 is 10.6 Å². The molecular weight excluding hydrogens is 256 g/mol. The molecule has 1 unspecified atom stereocenters. The fourth-order valence-electron chi connectivity index (χ4n) is 2.74. The Hall–Kier alpha value is -1.64. The predicted molar refractivity (Wildman–Crippen MR) is 90.4 cm³/mol. The number of nitrogens with two attached hydrogens (primary N) is 1. The summed E-state index contributed by atoms with van der Waals surface area (Å²) in [5.74, 6) is 0. The Labute approximate surface area is 128 Å². The van der Waals surface area contributed by atoms with Gasteiger partial charge >= 0.3 is 0 Å². The minimum Gasteiger partial charge on any atom is -0.323 e. The van der Waals surface area contributed by atoms with E-state index >= 15 is 0 Å². The molecular formula is C19H26N2. The summed E-state index contributed by atoms with van der Waals surface area (Å²) < 4.78 is 0. The van der Waals surface area contributed by atoms with Crippen molar-refractivity contribution in [1.29, 1.82) is 0 Å². The van der Waals surface area contributed by atoms with Gasteiger partial charge in [0.05, 0.1) is 0 Å². The molecule has 2 nitrogen and oxygen atoms in total. The van der Waals surface area contributed by atoms with E-state index in [2.05, 4.69) is 75.2 Å². The highest BCUT2D eigenvalue weighted by Crippen LogP contribution is 2.19. The second-order valence-electron chi connectivity index (χ2n) is 6.09. The third-order valence-corrected chi connectivity index (χ3v) is 4.04. The molecule has 112 valence electrons. The van der Waals surface area contributed by atoms with Gasteiger partial charge in [0.2, 0.25) is 0 Å². The highest BCUT2D eigenvalue weighted by molar-refractivity contribution is 5.33. The summed E-state index contributed by atoms with van der Waals surface area (Å²) in [7, 11) is 2.14. The van der Waals surface area contributed by atoms with E-state index in [1.807, 2.05) is 0 Å². The van der Waals surface area contributed by atoms with Crippen molar-refractivity contribution in [2.75, 3.05) is 13.6 Å². The summed E-state index contributed by atoms with van der Waals surface area (Å²) in [6.07, 6.45) is 0. The van der Waals surface area contributed by atoms with Crippen molar-refractivity contribution >= 4 is 0 Å². The lowest BCUT2D eigenvalue weighted by Gasteiger charge is -2.23. The predicted octanol–water partition coefficient (Wildman–Crippen LogP) is 3.74. The summed E-state index contributed by atoms with van der Waals surface area (Å²) in [6.45, 7) is 8.21. The monoisotopic (exact) mass is 282 g/mol. The van der Waals surface area contributed by atoms with E-state index in [1.54, 1.807) is 0 Å². The quantitative estimate of drug-likeness (QED) is 0.905. The molecule has 2 aromatic carbocycles. The Bertz CT molecular complexity index is 604. The first-order valence-corrected chi connectivity index (χ1v) is 7.53. The molecule has 0 aromatic heterocycles. The van der Waals surface area contributed by atoms with Crippen LogP contribution in [-0.2, 0) is 6.54 Å². The van der Waals surface area contributed by atoms with Crippen molar-refractivity contribution in [1.82, 2.24) is 4.90 Å². The highest BCUT2D eigenvalue weighted by atomic mass is 15.1. The van der Waals surface area contributed by atoms with Gasteiger partial charge in [0, 0.05) is 19.1 Å². The fraction of sp³-hybridized carbons (Fsp3) is 0.368. The van der Waals surface area contributed by atoms with Gasteiger partial charge in [-0.05, 0) is 50.1 Å². The molecule has 0 radical (unpaired) electrons. The number of rotatable bonds is 5. The van der Waals surface area contributed by atoms with Gasteiger partial charge in [-0.15, -0.1) is 0 Å². The van der Waals surface area contributed by atoms with E-state index in [0.29, 0.717) is 0 Å². The topological polar surface area (TPSA) is 29.3 Å². The van der Waals surface area contributed by atoms with Crippen molar-refractivity contribution in [3.63, 3.8) is 0 Å². The number of benzene rings is 2. The standard InChI is InChI=1S/C19H26N2/c1-14-9-10-16(3)18(11-14)19(20)13-21(4)12-17-8-6-5-7-15(17)2/h5-11,19H,12-13,20H2,1-4H3. The van der Waals surface area contributed by atoms with E-state index < -0.39 is 0 Å². The average Bonchev–Trinajstić information content (AvgIpc) is 2.44. The van der Waals surface area contributed by atoms with Gasteiger partial charge in [0.25, 0.3) is 0 Å². The minimum atomic E-state index is 0.0546. The van der Waals surface area contributed by atoms with Crippen LogP contribution < -0.4 is 5.73 Å². The van der Waals surface area contributed by atoms with Gasteiger partial charge in [-0.2, -0.15) is 0 Å². The Morgan fingerprint density at radius 2 is 1.71 bits per heavy atom. The molecule has 0 amide bonds. The van der Waals surface area contributed by atoms with Crippen molar-refractivity contribution in [3.8, 4) is 0 Å². The van der Waals surface area contributed by atoms with Crippen LogP contribution in [-0.4, -0.2) is 18.5 Å². The SMILES string of the molecule is Cc1ccc(C)c(C(N)CN(C)Cc2ccccc2C)c1. The second-order valence-corrected chi connectivity index (χ2v) is 6.09. The molecule has 0 aliphatic heterocycles. The van der Waals surface area contributed by atoms with Gasteiger partial charge in [-0.1, -0.05) is 48.0 Å². The van der Waals surface area contributed by atoms with Gasteiger partial charge in [-0.3, -0.25) is 0 Å². The maximum absolute atomic E-state index is 6.42. The molecule has 0 fully saturated rings. The summed E-state index contributed by atoms with van der Waals surface area (Å²) in [5.41, 5.74) is 12.9. The van der Waals surface area contributed by atoms with Gasteiger partial charge in [0.15, 0.2) is 0 Å². The number of nitrogens with zero attached hydrogens (tertiary/aromatic N) is 1. The Morgan fingerprint density at radius 3 is 2.43 bits per heavy atom. The molecule has 0 saturated carbocycles. The molecule has 0 saturated heterocycles. The fourth-order valence-corrected chi connectivity index (χ4v) is 2.74. The van der Waals surface area contributed by atoms with Crippen LogP contribution in [0.4, 0.5) is 0 Å². The maximum atomic E-state index is 6.42. The first kappa shape index (κ1) is 15.7. The first-order chi connectivity index (χ1) is 9.97. The van der Waals surface area contributed by atoms with E-state index in [4.69, 9.17) is 5.73 Å². The lowest BCUT2D eigenvalue weighted by molar-refractivity contribution is 0.304. The molecule has 2 rings (SSSR count). The zero-order chi connectivity index (χ0) is 15.4. The molecule has 0 aliphatic rings. The van der Waals surface area contributed by atoms with Crippen LogP contribution in [0.1, 0.15) is 33.9 Å². The second kappa shape index (κ2) is 6.88. The summed E-state index contributed by atoms with van der Waals surface area (Å²) in [5, 5.41) is 0. The third-order valence-electron chi connectivity index (χ3n) is 4.04. The van der Waals surface area contributed by atoms with Crippen molar-refractivity contribution in [3.05, 3.63) is 70.3 Å². The summed E-state index contributed by atoms with van der Waals surface area (Å²) in [4.78, 5) is 2.30. The summed E-state index contributed by atoms with van der Waals surface area (Å²) in [6, 6.07) is 15.1. The Balaban J connectivity index is 2.04. The van der Waals surface area contributed by atoms with Crippen LogP contribution in [0.15, 0.2) is 42.5 Å². The molecule has 0 bridgehead atoms. The average molecular weight is 282 g/mol. The van der Waals surface area contributed by atoms with E-state index in [1.165, 1.54) is 27.8 Å². The van der Waals surface area contributed by atoms with Crippen molar-refractivity contribution < 1.29 is 0 Å². The number of aryl methyl sites for hydroxylation is 3. The molecule has 2 aromatic rings. The highest BCUT2D eigenvalue weighted by Gasteiger charge is 2.12. The van der Waals surface area contributed by atoms with Crippen LogP contribution in [0.3, 0.4) is 0 Å². The molecule has 21 heavy (non-hydrogen) atoms. The van der Waals surface area contributed by atoms with Gasteiger partial charge in [-0.25, -0.2) is 0 Å².